The molecule has 1 saturated carbocycles. The van der Waals surface area contributed by atoms with Gasteiger partial charge in [-0.2, -0.15) is 5.10 Å². The second kappa shape index (κ2) is 8.54. The second-order valence-corrected chi connectivity index (χ2v) is 6.68. The van der Waals surface area contributed by atoms with E-state index in [1.54, 1.807) is 0 Å². The molecule has 0 bridgehead atoms. The molecule has 2 rings (SSSR count). The van der Waals surface area contributed by atoms with Gasteiger partial charge in [0.05, 0.1) is 11.7 Å². The molecule has 0 spiro atoms. The lowest BCUT2D eigenvalue weighted by molar-refractivity contribution is 0.268. The van der Waals surface area contributed by atoms with E-state index in [9.17, 15) is 0 Å². The first kappa shape index (κ1) is 16.5. The molecule has 0 atom stereocenters. The predicted molar refractivity (Wildman–Crippen MR) is 88.4 cm³/mol. The summed E-state index contributed by atoms with van der Waals surface area (Å²) in [6.07, 6.45) is 9.99. The molecule has 4 heteroatoms. The summed E-state index contributed by atoms with van der Waals surface area (Å²) in [5.74, 6) is 0. The van der Waals surface area contributed by atoms with Crippen LogP contribution in [-0.4, -0.2) is 40.9 Å². The quantitative estimate of drug-likeness (QED) is 0.710. The largest absolute Gasteiger partial charge is 0.311 e. The molecule has 1 heterocycles. The average molecular weight is 292 g/mol. The summed E-state index contributed by atoms with van der Waals surface area (Å²) in [4.78, 5) is 2.41. The van der Waals surface area contributed by atoms with Crippen LogP contribution in [0.15, 0.2) is 12.3 Å². The van der Waals surface area contributed by atoms with Crippen LogP contribution in [0.5, 0.6) is 0 Å². The van der Waals surface area contributed by atoms with E-state index in [0.29, 0.717) is 12.1 Å². The van der Waals surface area contributed by atoms with Gasteiger partial charge >= 0.3 is 0 Å². The number of hydrogen-bond acceptors (Lipinski definition) is 3. The van der Waals surface area contributed by atoms with Gasteiger partial charge < -0.3 is 10.2 Å². The normalized spacial score (nSPS) is 16.4. The van der Waals surface area contributed by atoms with Gasteiger partial charge in [0.2, 0.25) is 0 Å². The molecule has 0 radical (unpaired) electrons. The summed E-state index contributed by atoms with van der Waals surface area (Å²) in [5, 5.41) is 8.22. The van der Waals surface area contributed by atoms with Crippen molar-refractivity contribution < 1.29 is 0 Å². The molecule has 0 saturated heterocycles. The zero-order valence-electron chi connectivity index (χ0n) is 14.0. The molecule has 1 aliphatic carbocycles. The molecular weight excluding hydrogens is 260 g/mol. The average Bonchev–Trinajstić information content (AvgIpc) is 3.12. The Morgan fingerprint density at radius 3 is 2.81 bits per heavy atom. The summed E-state index contributed by atoms with van der Waals surface area (Å²) in [5.41, 5.74) is 1.18. The molecule has 21 heavy (non-hydrogen) atoms. The molecule has 0 aliphatic heterocycles. The van der Waals surface area contributed by atoms with Gasteiger partial charge in [0.15, 0.2) is 0 Å². The molecule has 1 fully saturated rings. The minimum absolute atomic E-state index is 0.650. The van der Waals surface area contributed by atoms with Crippen molar-refractivity contribution in [3.63, 3.8) is 0 Å². The first-order chi connectivity index (χ1) is 10.2. The summed E-state index contributed by atoms with van der Waals surface area (Å²) in [6, 6.07) is 3.47. The smallest absolute Gasteiger partial charge is 0.0762 e. The molecule has 0 aromatic carbocycles. The second-order valence-electron chi connectivity index (χ2n) is 6.68. The number of nitrogens with one attached hydrogen (secondary N) is 1. The maximum Gasteiger partial charge on any atom is 0.0762 e. The van der Waals surface area contributed by atoms with Crippen molar-refractivity contribution in [2.24, 2.45) is 0 Å². The molecule has 1 aromatic heterocycles. The molecule has 0 unspecified atom stereocenters. The Morgan fingerprint density at radius 2 is 2.10 bits per heavy atom. The third-order valence-corrected chi connectivity index (χ3v) is 4.66. The predicted octanol–water partition coefficient (Wildman–Crippen LogP) is 3.21. The van der Waals surface area contributed by atoms with Crippen molar-refractivity contribution in [3.8, 4) is 0 Å². The molecule has 1 N–H and O–H groups in total. The van der Waals surface area contributed by atoms with Gasteiger partial charge in [-0.25, -0.2) is 0 Å². The van der Waals surface area contributed by atoms with Crippen molar-refractivity contribution >= 4 is 0 Å². The molecule has 1 aliphatic rings. The molecular formula is C17H32N4. The molecule has 0 amide bonds. The first-order valence-corrected chi connectivity index (χ1v) is 8.62. The highest BCUT2D eigenvalue weighted by Gasteiger charge is 2.17. The summed E-state index contributed by atoms with van der Waals surface area (Å²) < 4.78 is 2.18. The Bertz CT molecular complexity index is 393. The maximum atomic E-state index is 4.71. The highest BCUT2D eigenvalue weighted by atomic mass is 15.3. The Kier molecular flexibility index (Phi) is 6.71. The first-order valence-electron chi connectivity index (χ1n) is 8.62. The number of hydrogen-bond donors (Lipinski definition) is 1. The van der Waals surface area contributed by atoms with Gasteiger partial charge in [-0.3, -0.25) is 4.68 Å². The van der Waals surface area contributed by atoms with Gasteiger partial charge in [0.1, 0.15) is 0 Å². The van der Waals surface area contributed by atoms with E-state index in [1.807, 2.05) is 0 Å². The van der Waals surface area contributed by atoms with E-state index in [-0.39, 0.29) is 0 Å². The van der Waals surface area contributed by atoms with Crippen LogP contribution in [0.2, 0.25) is 0 Å². The van der Waals surface area contributed by atoms with Crippen LogP contribution in [0.3, 0.4) is 0 Å². The van der Waals surface area contributed by atoms with Crippen molar-refractivity contribution in [3.05, 3.63) is 18.0 Å². The third-order valence-electron chi connectivity index (χ3n) is 4.66. The van der Waals surface area contributed by atoms with E-state index < -0.39 is 0 Å². The molecule has 4 nitrogen and oxygen atoms in total. The number of unbranched alkanes of at least 4 members (excludes halogenated alkanes) is 1. The fourth-order valence-electron chi connectivity index (χ4n) is 2.93. The molecule has 120 valence electrons. The highest BCUT2D eigenvalue weighted by molar-refractivity contribution is 4.99. The molecule has 1 aromatic rings. The Labute approximate surface area is 129 Å². The Hall–Kier alpha value is -0.870. The summed E-state index contributed by atoms with van der Waals surface area (Å²) >= 11 is 0. The Balaban J connectivity index is 1.56. The third kappa shape index (κ3) is 5.44. The van der Waals surface area contributed by atoms with E-state index >= 15 is 0 Å². The van der Waals surface area contributed by atoms with E-state index in [2.05, 4.69) is 48.1 Å². The minimum Gasteiger partial charge on any atom is -0.311 e. The highest BCUT2D eigenvalue weighted by Crippen LogP contribution is 2.28. The van der Waals surface area contributed by atoms with Gasteiger partial charge in [-0.15, -0.1) is 0 Å². The van der Waals surface area contributed by atoms with Crippen LogP contribution < -0.4 is 5.32 Å². The van der Waals surface area contributed by atoms with Crippen LogP contribution in [0, 0.1) is 0 Å². The summed E-state index contributed by atoms with van der Waals surface area (Å²) in [6.45, 7) is 7.68. The standard InChI is InChI=1S/C17H32N4/c1-15(2)20(3)12-7-6-11-18-14-16-10-13-21(19-16)17-8-4-5-9-17/h10,13,15,17-18H,4-9,11-12,14H2,1-3H3. The number of rotatable bonds is 9. The van der Waals surface area contributed by atoms with E-state index in [4.69, 9.17) is 5.10 Å². The fraction of sp³-hybridized carbons (Fsp3) is 0.824. The van der Waals surface area contributed by atoms with Crippen LogP contribution in [0.25, 0.3) is 0 Å². The van der Waals surface area contributed by atoms with Crippen LogP contribution >= 0.6 is 0 Å². The SMILES string of the molecule is CC(C)N(C)CCCCNCc1ccn(C2CCCC2)n1. The monoisotopic (exact) mass is 292 g/mol. The zero-order valence-corrected chi connectivity index (χ0v) is 14.0. The van der Waals surface area contributed by atoms with Crippen molar-refractivity contribution in [2.45, 2.75) is 71.0 Å². The van der Waals surface area contributed by atoms with E-state index in [0.717, 1.165) is 13.1 Å². The minimum atomic E-state index is 0.650. The van der Waals surface area contributed by atoms with Crippen molar-refractivity contribution in [1.82, 2.24) is 20.0 Å². The van der Waals surface area contributed by atoms with Gasteiger partial charge in [-0.1, -0.05) is 12.8 Å². The maximum absolute atomic E-state index is 4.71. The van der Waals surface area contributed by atoms with Gasteiger partial charge in [-0.05, 0) is 65.7 Å². The topological polar surface area (TPSA) is 33.1 Å². The fourth-order valence-corrected chi connectivity index (χ4v) is 2.93. The zero-order chi connectivity index (χ0) is 15.1. The van der Waals surface area contributed by atoms with Crippen LogP contribution in [0.1, 0.15) is 64.1 Å². The lowest BCUT2D eigenvalue weighted by atomic mass is 10.2. The van der Waals surface area contributed by atoms with Gasteiger partial charge in [0.25, 0.3) is 0 Å². The van der Waals surface area contributed by atoms with E-state index in [1.165, 1.54) is 50.8 Å². The van der Waals surface area contributed by atoms with Gasteiger partial charge in [0, 0.05) is 18.8 Å². The van der Waals surface area contributed by atoms with Crippen molar-refractivity contribution in [1.29, 1.82) is 0 Å². The van der Waals surface area contributed by atoms with Crippen molar-refractivity contribution in [2.75, 3.05) is 20.1 Å². The lowest BCUT2D eigenvalue weighted by Crippen LogP contribution is -2.27. The number of aromatic nitrogens is 2. The summed E-state index contributed by atoms with van der Waals surface area (Å²) in [7, 11) is 2.20. The Morgan fingerprint density at radius 1 is 1.33 bits per heavy atom. The van der Waals surface area contributed by atoms with Crippen LogP contribution in [-0.2, 0) is 6.54 Å². The number of nitrogens with zero attached hydrogens (tertiary/aromatic N) is 3. The van der Waals surface area contributed by atoms with Crippen LogP contribution in [0.4, 0.5) is 0 Å². The lowest BCUT2D eigenvalue weighted by Gasteiger charge is -2.20.